The molecule has 5 unspecified atom stereocenters. The third-order valence-corrected chi connectivity index (χ3v) is 11.1. The van der Waals surface area contributed by atoms with E-state index in [9.17, 15) is 9.90 Å². The van der Waals surface area contributed by atoms with E-state index in [1.54, 1.807) is 0 Å². The summed E-state index contributed by atoms with van der Waals surface area (Å²) in [6.45, 7) is 3.00. The van der Waals surface area contributed by atoms with Gasteiger partial charge in [-0.1, -0.05) is 141 Å². The predicted molar refractivity (Wildman–Crippen MR) is 180 cm³/mol. The van der Waals surface area contributed by atoms with Crippen molar-refractivity contribution in [3.05, 3.63) is 12.2 Å². The van der Waals surface area contributed by atoms with Crippen molar-refractivity contribution in [1.29, 1.82) is 0 Å². The summed E-state index contributed by atoms with van der Waals surface area (Å²) in [5.41, 5.74) is 0. The lowest BCUT2D eigenvalue weighted by Gasteiger charge is -2.57. The van der Waals surface area contributed by atoms with Crippen molar-refractivity contribution in [2.45, 2.75) is 180 Å². The van der Waals surface area contributed by atoms with E-state index in [4.69, 9.17) is 9.47 Å². The molecule has 0 amide bonds. The summed E-state index contributed by atoms with van der Waals surface area (Å²) in [7, 11) is 0. The van der Waals surface area contributed by atoms with Crippen molar-refractivity contribution in [2.24, 2.45) is 29.6 Å². The molecule has 3 rings (SSSR count). The molecule has 0 aliphatic heterocycles. The first-order valence-electron chi connectivity index (χ1n) is 19.3. The molecule has 2 fully saturated rings. The zero-order chi connectivity index (χ0) is 30.4. The van der Waals surface area contributed by atoms with Crippen LogP contribution in [0.15, 0.2) is 12.2 Å². The number of esters is 1. The number of hydrogen-bond donors (Lipinski definition) is 1. The molecule has 0 radical (unpaired) electrons. The highest BCUT2D eigenvalue weighted by Gasteiger charge is 2.50. The van der Waals surface area contributed by atoms with Gasteiger partial charge in [0, 0.05) is 13.0 Å². The maximum Gasteiger partial charge on any atom is 0.305 e. The number of hydrogen-bond acceptors (Lipinski definition) is 4. The molecule has 0 bridgehead atoms. The van der Waals surface area contributed by atoms with Gasteiger partial charge in [-0.15, -0.1) is 0 Å². The van der Waals surface area contributed by atoms with Gasteiger partial charge in [0.2, 0.25) is 0 Å². The van der Waals surface area contributed by atoms with Crippen molar-refractivity contribution >= 4 is 5.97 Å². The van der Waals surface area contributed by atoms with Crippen molar-refractivity contribution in [3.8, 4) is 0 Å². The monoisotopic (exact) mass is 603 g/mol. The van der Waals surface area contributed by atoms with Gasteiger partial charge in [-0.05, 0) is 68.1 Å². The predicted octanol–water partition coefficient (Wildman–Crippen LogP) is 10.7. The van der Waals surface area contributed by atoms with Gasteiger partial charge in [0.15, 0.2) is 0 Å². The molecule has 4 heteroatoms. The fourth-order valence-electron chi connectivity index (χ4n) is 8.43. The summed E-state index contributed by atoms with van der Waals surface area (Å²) in [4.78, 5) is 12.1. The van der Waals surface area contributed by atoms with E-state index >= 15 is 0 Å². The van der Waals surface area contributed by atoms with Gasteiger partial charge in [-0.3, -0.25) is 4.79 Å². The fourth-order valence-corrected chi connectivity index (χ4v) is 8.43. The van der Waals surface area contributed by atoms with Gasteiger partial charge < -0.3 is 14.6 Å². The summed E-state index contributed by atoms with van der Waals surface area (Å²) >= 11 is 0. The summed E-state index contributed by atoms with van der Waals surface area (Å²) in [5.74, 6) is 4.92. The Kier molecular flexibility index (Phi) is 20.0. The van der Waals surface area contributed by atoms with Crippen LogP contribution in [0.5, 0.6) is 0 Å². The minimum absolute atomic E-state index is 0.0904. The highest BCUT2D eigenvalue weighted by atomic mass is 16.6. The minimum atomic E-state index is -0.388. The summed E-state index contributed by atoms with van der Waals surface area (Å²) in [5, 5.41) is 9.62. The Morgan fingerprint density at radius 3 is 2.02 bits per heavy atom. The normalized spacial score (nSPS) is 25.1. The molecule has 0 saturated heterocycles. The van der Waals surface area contributed by atoms with Crippen LogP contribution in [-0.2, 0) is 14.3 Å². The maximum atomic E-state index is 12.1. The molecule has 0 aromatic rings. The largest absolute Gasteiger partial charge is 0.463 e. The molecule has 4 nitrogen and oxygen atoms in total. The Bertz CT molecular complexity index is 720. The lowest BCUT2D eigenvalue weighted by molar-refractivity contribution is -0.149. The molecule has 0 aromatic carbocycles. The van der Waals surface area contributed by atoms with Crippen LogP contribution in [0.25, 0.3) is 0 Å². The number of carbonyl (C=O) groups is 1. The molecule has 2 saturated carbocycles. The Balaban J connectivity index is 1.04. The molecule has 250 valence electrons. The Morgan fingerprint density at radius 1 is 0.744 bits per heavy atom. The fraction of sp³-hybridized carbons (Fsp3) is 0.923. The van der Waals surface area contributed by atoms with Gasteiger partial charge in [0.25, 0.3) is 0 Å². The Labute approximate surface area is 266 Å². The van der Waals surface area contributed by atoms with Gasteiger partial charge in [0.05, 0.1) is 6.61 Å². The van der Waals surface area contributed by atoms with Crippen molar-refractivity contribution < 1.29 is 19.4 Å². The molecular formula is C39H70O4. The number of fused-ring (bicyclic) bond motifs is 4. The second-order valence-electron chi connectivity index (χ2n) is 14.5. The molecule has 3 aliphatic carbocycles. The zero-order valence-electron chi connectivity index (χ0n) is 28.3. The van der Waals surface area contributed by atoms with Gasteiger partial charge in [0.1, 0.15) is 12.7 Å². The molecule has 43 heavy (non-hydrogen) atoms. The van der Waals surface area contributed by atoms with E-state index in [2.05, 4.69) is 19.1 Å². The third kappa shape index (κ3) is 14.8. The average Bonchev–Trinajstić information content (AvgIpc) is 3.02. The number of carbonyl (C=O) groups excluding carboxylic acids is 1. The van der Waals surface area contributed by atoms with Crippen LogP contribution >= 0.6 is 0 Å². The molecular weight excluding hydrogens is 532 g/mol. The second kappa shape index (κ2) is 23.5. The van der Waals surface area contributed by atoms with Gasteiger partial charge in [-0.2, -0.15) is 0 Å². The SMILES string of the molecule is CCCCCCCCCCCCCCCC(=O)OC[C@H](CO)OCCCCCCCCC1CCC2C3C=CCCC3C2C1. The molecule has 0 aromatic heterocycles. The standard InChI is InChI=1S/C39H70O4/c1-2-3-4-5-6-7-8-9-10-11-12-16-19-26-39(41)43-32-34(31-40)42-29-22-17-14-13-15-18-23-33-27-28-37-35-24-20-21-25-36(35)38(37)30-33/h20,24,33-38,40H,2-19,21-23,25-32H2,1H3/t33?,34-,35?,36?,37?,38?/m0/s1. The summed E-state index contributed by atoms with van der Waals surface area (Å²) < 4.78 is 11.2. The average molecular weight is 603 g/mol. The number of aliphatic hydroxyl groups excluding tert-OH is 1. The van der Waals surface area contributed by atoms with Gasteiger partial charge in [-0.25, -0.2) is 0 Å². The van der Waals surface area contributed by atoms with E-state index in [0.717, 1.165) is 48.9 Å². The van der Waals surface area contributed by atoms with Crippen molar-refractivity contribution in [1.82, 2.24) is 0 Å². The number of unbranched alkanes of at least 4 members (excludes halogenated alkanes) is 17. The van der Waals surface area contributed by atoms with Crippen LogP contribution in [0.3, 0.4) is 0 Å². The van der Waals surface area contributed by atoms with Crippen molar-refractivity contribution in [3.63, 3.8) is 0 Å². The zero-order valence-corrected chi connectivity index (χ0v) is 28.3. The highest BCUT2D eigenvalue weighted by molar-refractivity contribution is 5.69. The lowest BCUT2D eigenvalue weighted by Crippen LogP contribution is -2.49. The van der Waals surface area contributed by atoms with Crippen LogP contribution in [0.2, 0.25) is 0 Å². The highest BCUT2D eigenvalue weighted by Crippen LogP contribution is 2.58. The van der Waals surface area contributed by atoms with E-state index in [1.165, 1.54) is 141 Å². The number of allylic oxidation sites excluding steroid dienone is 2. The topological polar surface area (TPSA) is 55.8 Å². The molecule has 0 spiro atoms. The quantitative estimate of drug-likeness (QED) is 0.0577. The van der Waals surface area contributed by atoms with Crippen LogP contribution in [-0.4, -0.2) is 37.0 Å². The smallest absolute Gasteiger partial charge is 0.305 e. The Hall–Kier alpha value is -0.870. The first-order chi connectivity index (χ1) is 21.2. The van der Waals surface area contributed by atoms with Crippen LogP contribution in [0, 0.1) is 29.6 Å². The molecule has 0 heterocycles. The number of aliphatic hydroxyl groups is 1. The lowest BCUT2D eigenvalue weighted by atomic mass is 9.48. The first-order valence-corrected chi connectivity index (χ1v) is 19.3. The number of rotatable bonds is 27. The Morgan fingerprint density at radius 2 is 1.35 bits per heavy atom. The summed E-state index contributed by atoms with van der Waals surface area (Å²) in [6, 6.07) is 0. The van der Waals surface area contributed by atoms with Crippen LogP contribution in [0.4, 0.5) is 0 Å². The van der Waals surface area contributed by atoms with E-state index < -0.39 is 0 Å². The number of ether oxygens (including phenoxy) is 2. The van der Waals surface area contributed by atoms with Gasteiger partial charge >= 0.3 is 5.97 Å². The third-order valence-electron chi connectivity index (χ3n) is 11.1. The van der Waals surface area contributed by atoms with E-state index in [-0.39, 0.29) is 25.3 Å². The van der Waals surface area contributed by atoms with Crippen LogP contribution in [0.1, 0.15) is 174 Å². The second-order valence-corrected chi connectivity index (χ2v) is 14.5. The first kappa shape index (κ1) is 36.6. The van der Waals surface area contributed by atoms with E-state index in [0.29, 0.717) is 13.0 Å². The molecule has 1 N–H and O–H groups in total. The molecule has 6 atom stereocenters. The maximum absolute atomic E-state index is 12.1. The van der Waals surface area contributed by atoms with E-state index in [1.807, 2.05) is 0 Å². The molecule has 3 aliphatic rings. The minimum Gasteiger partial charge on any atom is -0.463 e. The summed E-state index contributed by atoms with van der Waals surface area (Å²) in [6.07, 6.45) is 38.3. The van der Waals surface area contributed by atoms with Crippen LogP contribution < -0.4 is 0 Å². The van der Waals surface area contributed by atoms with Crippen molar-refractivity contribution in [2.75, 3.05) is 19.8 Å².